The standard InChI is InChI=1S/C17H19N3O3S/c21-16(14-6-8-15(9-7-14)20(22)23)12-19-17(24)18-11-10-13-4-2-1-3-5-13/h1-9,16,21H,10-12H2,(H2,18,19,24)/t16-/m1/s1. The monoisotopic (exact) mass is 345 g/mol. The topological polar surface area (TPSA) is 87.4 Å². The maximum Gasteiger partial charge on any atom is 0.269 e. The van der Waals surface area contributed by atoms with Crippen LogP contribution in [-0.4, -0.2) is 28.2 Å². The van der Waals surface area contributed by atoms with E-state index in [1.165, 1.54) is 29.8 Å². The van der Waals surface area contributed by atoms with Gasteiger partial charge >= 0.3 is 0 Å². The van der Waals surface area contributed by atoms with Gasteiger partial charge in [-0.2, -0.15) is 0 Å². The van der Waals surface area contributed by atoms with Crippen molar-refractivity contribution in [1.82, 2.24) is 10.6 Å². The van der Waals surface area contributed by atoms with Crippen molar-refractivity contribution in [3.8, 4) is 0 Å². The molecule has 0 aliphatic carbocycles. The van der Waals surface area contributed by atoms with E-state index in [9.17, 15) is 15.2 Å². The zero-order valence-electron chi connectivity index (χ0n) is 13.0. The van der Waals surface area contributed by atoms with Gasteiger partial charge in [-0.05, 0) is 41.9 Å². The number of nitro benzene ring substituents is 1. The number of aliphatic hydroxyl groups is 1. The van der Waals surface area contributed by atoms with Crippen molar-refractivity contribution in [3.63, 3.8) is 0 Å². The molecule has 6 nitrogen and oxygen atoms in total. The van der Waals surface area contributed by atoms with Crippen LogP contribution in [0, 0.1) is 10.1 Å². The van der Waals surface area contributed by atoms with Crippen LogP contribution in [0.5, 0.6) is 0 Å². The van der Waals surface area contributed by atoms with Gasteiger partial charge in [0, 0.05) is 25.2 Å². The van der Waals surface area contributed by atoms with Crippen molar-refractivity contribution >= 4 is 23.0 Å². The summed E-state index contributed by atoms with van der Waals surface area (Å²) >= 11 is 5.17. The lowest BCUT2D eigenvalue weighted by Gasteiger charge is -2.14. The van der Waals surface area contributed by atoms with Gasteiger partial charge in [-0.25, -0.2) is 0 Å². The Bertz CT molecular complexity index is 677. The zero-order valence-corrected chi connectivity index (χ0v) is 13.8. The first-order valence-corrected chi connectivity index (χ1v) is 7.95. The molecule has 1 atom stereocenters. The molecular formula is C17H19N3O3S. The second kappa shape index (κ2) is 8.95. The number of nitrogens with zero attached hydrogens (tertiary/aromatic N) is 1. The van der Waals surface area contributed by atoms with E-state index in [0.29, 0.717) is 17.2 Å². The van der Waals surface area contributed by atoms with Gasteiger partial charge in [0.25, 0.3) is 5.69 Å². The Balaban J connectivity index is 1.71. The normalized spacial score (nSPS) is 11.5. The molecule has 0 amide bonds. The SMILES string of the molecule is O=[N+]([O-])c1ccc([C@H](O)CNC(=S)NCCc2ccccc2)cc1. The third kappa shape index (κ3) is 5.60. The average molecular weight is 345 g/mol. The van der Waals surface area contributed by atoms with E-state index in [1.54, 1.807) is 0 Å². The van der Waals surface area contributed by atoms with E-state index in [1.807, 2.05) is 18.2 Å². The molecule has 0 unspecified atom stereocenters. The highest BCUT2D eigenvalue weighted by Crippen LogP contribution is 2.17. The van der Waals surface area contributed by atoms with Gasteiger partial charge in [0.05, 0.1) is 11.0 Å². The summed E-state index contributed by atoms with van der Waals surface area (Å²) < 4.78 is 0. The predicted octanol–water partition coefficient (Wildman–Crippen LogP) is 2.33. The summed E-state index contributed by atoms with van der Waals surface area (Å²) in [4.78, 5) is 10.1. The van der Waals surface area contributed by atoms with Gasteiger partial charge in [0.1, 0.15) is 0 Å². The zero-order chi connectivity index (χ0) is 17.4. The van der Waals surface area contributed by atoms with E-state index < -0.39 is 11.0 Å². The highest BCUT2D eigenvalue weighted by molar-refractivity contribution is 7.80. The first-order chi connectivity index (χ1) is 11.6. The number of non-ortho nitro benzene ring substituents is 1. The smallest absolute Gasteiger partial charge is 0.269 e. The maximum absolute atomic E-state index is 10.6. The molecule has 0 aromatic heterocycles. The Kier molecular flexibility index (Phi) is 6.65. The lowest BCUT2D eigenvalue weighted by molar-refractivity contribution is -0.384. The first-order valence-electron chi connectivity index (χ1n) is 7.54. The predicted molar refractivity (Wildman–Crippen MR) is 96.8 cm³/mol. The minimum Gasteiger partial charge on any atom is -0.387 e. The third-order valence-electron chi connectivity index (χ3n) is 3.49. The molecule has 0 saturated heterocycles. The fourth-order valence-electron chi connectivity index (χ4n) is 2.15. The van der Waals surface area contributed by atoms with Crippen LogP contribution in [0.3, 0.4) is 0 Å². The van der Waals surface area contributed by atoms with E-state index in [-0.39, 0.29) is 12.2 Å². The summed E-state index contributed by atoms with van der Waals surface area (Å²) in [6, 6.07) is 15.9. The van der Waals surface area contributed by atoms with Crippen molar-refractivity contribution in [2.24, 2.45) is 0 Å². The molecule has 7 heteroatoms. The van der Waals surface area contributed by atoms with Crippen LogP contribution in [0.2, 0.25) is 0 Å². The van der Waals surface area contributed by atoms with Crippen LogP contribution >= 0.6 is 12.2 Å². The van der Waals surface area contributed by atoms with Crippen LogP contribution in [0.15, 0.2) is 54.6 Å². The highest BCUT2D eigenvalue weighted by Gasteiger charge is 2.10. The Morgan fingerprint density at radius 2 is 1.79 bits per heavy atom. The quantitative estimate of drug-likeness (QED) is 0.406. The lowest BCUT2D eigenvalue weighted by Crippen LogP contribution is -2.38. The summed E-state index contributed by atoms with van der Waals surface area (Å²) in [5.41, 5.74) is 1.82. The molecule has 0 aliphatic heterocycles. The maximum atomic E-state index is 10.6. The van der Waals surface area contributed by atoms with Gasteiger partial charge in [0.2, 0.25) is 0 Å². The molecule has 2 rings (SSSR count). The van der Waals surface area contributed by atoms with E-state index in [4.69, 9.17) is 12.2 Å². The molecule has 24 heavy (non-hydrogen) atoms. The van der Waals surface area contributed by atoms with Gasteiger partial charge < -0.3 is 15.7 Å². The third-order valence-corrected chi connectivity index (χ3v) is 3.78. The molecule has 0 fully saturated rings. The molecule has 126 valence electrons. The van der Waals surface area contributed by atoms with Gasteiger partial charge in [-0.1, -0.05) is 30.3 Å². The second-order valence-electron chi connectivity index (χ2n) is 5.24. The number of hydrogen-bond donors (Lipinski definition) is 3. The molecule has 3 N–H and O–H groups in total. The van der Waals surface area contributed by atoms with E-state index in [0.717, 1.165) is 6.42 Å². The summed E-state index contributed by atoms with van der Waals surface area (Å²) in [7, 11) is 0. The average Bonchev–Trinajstić information content (AvgIpc) is 2.60. The fourth-order valence-corrected chi connectivity index (χ4v) is 2.34. The largest absolute Gasteiger partial charge is 0.387 e. The molecule has 2 aromatic rings. The van der Waals surface area contributed by atoms with Crippen LogP contribution in [0.1, 0.15) is 17.2 Å². The molecule has 0 saturated carbocycles. The molecule has 0 spiro atoms. The summed E-state index contributed by atoms with van der Waals surface area (Å²) in [5.74, 6) is 0. The van der Waals surface area contributed by atoms with Crippen molar-refractivity contribution < 1.29 is 10.0 Å². The molecule has 0 bridgehead atoms. The van der Waals surface area contributed by atoms with E-state index >= 15 is 0 Å². The summed E-state index contributed by atoms with van der Waals surface area (Å²) in [6.07, 6.45) is 0.0628. The molecule has 0 heterocycles. The van der Waals surface area contributed by atoms with Crippen LogP contribution in [0.25, 0.3) is 0 Å². The number of aliphatic hydroxyl groups excluding tert-OH is 1. The number of thiocarbonyl (C=S) groups is 1. The molecule has 0 aliphatic rings. The summed E-state index contributed by atoms with van der Waals surface area (Å²) in [5, 5.41) is 27.2. The van der Waals surface area contributed by atoms with Crippen LogP contribution < -0.4 is 10.6 Å². The van der Waals surface area contributed by atoms with Gasteiger partial charge in [0.15, 0.2) is 5.11 Å². The lowest BCUT2D eigenvalue weighted by atomic mass is 10.1. The van der Waals surface area contributed by atoms with Crippen molar-refractivity contribution in [3.05, 3.63) is 75.8 Å². The fraction of sp³-hybridized carbons (Fsp3) is 0.235. The number of nitro groups is 1. The van der Waals surface area contributed by atoms with Gasteiger partial charge in [-0.3, -0.25) is 10.1 Å². The first kappa shape index (κ1) is 17.8. The number of nitrogens with one attached hydrogen (secondary N) is 2. The second-order valence-corrected chi connectivity index (χ2v) is 5.65. The van der Waals surface area contributed by atoms with Crippen molar-refractivity contribution in [2.45, 2.75) is 12.5 Å². The minimum absolute atomic E-state index is 0.00277. The van der Waals surface area contributed by atoms with Crippen LogP contribution in [-0.2, 0) is 6.42 Å². The highest BCUT2D eigenvalue weighted by atomic mass is 32.1. The summed E-state index contributed by atoms with van der Waals surface area (Å²) in [6.45, 7) is 0.929. The Labute approximate surface area is 145 Å². The molecule has 0 radical (unpaired) electrons. The van der Waals surface area contributed by atoms with Crippen molar-refractivity contribution in [2.75, 3.05) is 13.1 Å². The molecular weight excluding hydrogens is 326 g/mol. The number of benzene rings is 2. The Morgan fingerprint density at radius 1 is 1.12 bits per heavy atom. The number of rotatable bonds is 7. The van der Waals surface area contributed by atoms with Crippen LogP contribution in [0.4, 0.5) is 5.69 Å². The van der Waals surface area contributed by atoms with Crippen molar-refractivity contribution in [1.29, 1.82) is 0 Å². The van der Waals surface area contributed by atoms with E-state index in [2.05, 4.69) is 22.8 Å². The Hall–Kier alpha value is -2.51. The number of hydrogen-bond acceptors (Lipinski definition) is 4. The minimum atomic E-state index is -0.792. The molecule has 2 aromatic carbocycles. The van der Waals surface area contributed by atoms with Gasteiger partial charge in [-0.15, -0.1) is 0 Å². The Morgan fingerprint density at radius 3 is 2.42 bits per heavy atom.